The van der Waals surface area contributed by atoms with Crippen molar-refractivity contribution in [2.24, 2.45) is 11.1 Å². The largest absolute Gasteiger partial charge is 0.392 e. The molecule has 3 N–H and O–H groups in total. The highest BCUT2D eigenvalue weighted by molar-refractivity contribution is 5.19. The highest BCUT2D eigenvalue weighted by Gasteiger charge is 2.40. The third-order valence-corrected chi connectivity index (χ3v) is 3.71. The topological polar surface area (TPSA) is 46.2 Å². The molecule has 0 amide bonds. The molecule has 2 unspecified atom stereocenters. The molecule has 0 bridgehead atoms. The summed E-state index contributed by atoms with van der Waals surface area (Å²) in [6.45, 7) is 0.463. The molecule has 0 radical (unpaired) electrons. The van der Waals surface area contributed by atoms with E-state index in [1.165, 1.54) is 12.1 Å². The molecule has 2 rings (SSSR count). The number of halogens is 1. The van der Waals surface area contributed by atoms with Crippen molar-refractivity contribution in [1.82, 2.24) is 0 Å². The molecule has 2 atom stereocenters. The lowest BCUT2D eigenvalue weighted by atomic mass is 9.78. The Bertz CT molecular complexity index is 369. The molecule has 1 aliphatic carbocycles. The van der Waals surface area contributed by atoms with E-state index in [0.29, 0.717) is 13.0 Å². The van der Waals surface area contributed by atoms with E-state index in [4.69, 9.17) is 5.73 Å². The number of hydrogen-bond donors (Lipinski definition) is 2. The van der Waals surface area contributed by atoms with E-state index >= 15 is 0 Å². The first kappa shape index (κ1) is 11.6. The normalized spacial score (nSPS) is 29.6. The van der Waals surface area contributed by atoms with E-state index < -0.39 is 0 Å². The van der Waals surface area contributed by atoms with Gasteiger partial charge in [0, 0.05) is 12.0 Å². The second-order valence-corrected chi connectivity index (χ2v) is 4.78. The summed E-state index contributed by atoms with van der Waals surface area (Å²) >= 11 is 0. The molecular weight excluding hydrogens is 205 g/mol. The van der Waals surface area contributed by atoms with Crippen LogP contribution in [0.4, 0.5) is 4.39 Å². The van der Waals surface area contributed by atoms with Crippen molar-refractivity contribution in [2.45, 2.75) is 31.8 Å². The minimum Gasteiger partial charge on any atom is -0.392 e. The molecule has 0 aliphatic heterocycles. The van der Waals surface area contributed by atoms with Crippen LogP contribution in [0.15, 0.2) is 24.3 Å². The van der Waals surface area contributed by atoms with Crippen LogP contribution in [0.25, 0.3) is 0 Å². The van der Waals surface area contributed by atoms with Crippen molar-refractivity contribution in [2.75, 3.05) is 6.54 Å². The molecule has 16 heavy (non-hydrogen) atoms. The molecular formula is C13H18FNO. The van der Waals surface area contributed by atoms with Crippen molar-refractivity contribution in [3.05, 3.63) is 35.6 Å². The lowest BCUT2D eigenvalue weighted by Gasteiger charge is -2.31. The second kappa shape index (κ2) is 4.52. The maximum absolute atomic E-state index is 13.1. The Morgan fingerprint density at radius 1 is 1.50 bits per heavy atom. The summed E-state index contributed by atoms with van der Waals surface area (Å²) < 4.78 is 13.1. The lowest BCUT2D eigenvalue weighted by molar-refractivity contribution is 0.0588. The minimum atomic E-state index is -0.347. The fourth-order valence-corrected chi connectivity index (χ4v) is 2.69. The first-order valence-electron chi connectivity index (χ1n) is 5.79. The molecule has 88 valence electrons. The molecule has 1 aromatic carbocycles. The fourth-order valence-electron chi connectivity index (χ4n) is 2.69. The van der Waals surface area contributed by atoms with Gasteiger partial charge in [-0.25, -0.2) is 4.39 Å². The van der Waals surface area contributed by atoms with Crippen LogP contribution in [-0.2, 0) is 6.42 Å². The average molecular weight is 223 g/mol. The summed E-state index contributed by atoms with van der Waals surface area (Å²) in [7, 11) is 0. The first-order chi connectivity index (χ1) is 7.66. The van der Waals surface area contributed by atoms with Gasteiger partial charge in [-0.15, -0.1) is 0 Å². The maximum Gasteiger partial charge on any atom is 0.123 e. The van der Waals surface area contributed by atoms with Crippen LogP contribution in [0.5, 0.6) is 0 Å². The highest BCUT2D eigenvalue weighted by Crippen LogP contribution is 2.40. The first-order valence-corrected chi connectivity index (χ1v) is 5.79. The van der Waals surface area contributed by atoms with Crippen molar-refractivity contribution in [1.29, 1.82) is 0 Å². The van der Waals surface area contributed by atoms with Gasteiger partial charge < -0.3 is 10.8 Å². The summed E-state index contributed by atoms with van der Waals surface area (Å²) in [5.41, 5.74) is 6.47. The predicted octanol–water partition coefficient (Wildman–Crippen LogP) is 1.86. The van der Waals surface area contributed by atoms with Gasteiger partial charge in [0.15, 0.2) is 0 Å². The summed E-state index contributed by atoms with van der Waals surface area (Å²) in [4.78, 5) is 0. The van der Waals surface area contributed by atoms with Gasteiger partial charge in [0.05, 0.1) is 6.10 Å². The van der Waals surface area contributed by atoms with Gasteiger partial charge in [-0.1, -0.05) is 18.6 Å². The quantitative estimate of drug-likeness (QED) is 0.821. The average Bonchev–Trinajstić information content (AvgIpc) is 2.61. The SMILES string of the molecule is NCC1(Cc2cccc(F)c2)CCCC1O. The van der Waals surface area contributed by atoms with Gasteiger partial charge in [-0.05, 0) is 37.0 Å². The van der Waals surface area contributed by atoms with Crippen LogP contribution in [0.1, 0.15) is 24.8 Å². The zero-order valence-electron chi connectivity index (χ0n) is 9.32. The smallest absolute Gasteiger partial charge is 0.123 e. The van der Waals surface area contributed by atoms with Crippen LogP contribution < -0.4 is 5.73 Å². The second-order valence-electron chi connectivity index (χ2n) is 4.78. The monoisotopic (exact) mass is 223 g/mol. The summed E-state index contributed by atoms with van der Waals surface area (Å²) in [6.07, 6.45) is 3.07. The van der Waals surface area contributed by atoms with Crippen molar-refractivity contribution in [3.8, 4) is 0 Å². The Hall–Kier alpha value is -0.930. The zero-order chi connectivity index (χ0) is 11.6. The van der Waals surface area contributed by atoms with Crippen molar-refractivity contribution < 1.29 is 9.50 Å². The standard InChI is InChI=1S/C13H18FNO/c14-11-4-1-3-10(7-11)8-13(9-15)6-2-5-12(13)16/h1,3-4,7,12,16H,2,5-6,8-9,15H2. The Labute approximate surface area is 95.3 Å². The van der Waals surface area contributed by atoms with Crippen LogP contribution in [0.2, 0.25) is 0 Å². The molecule has 1 saturated carbocycles. The number of aliphatic hydroxyl groups excluding tert-OH is 1. The van der Waals surface area contributed by atoms with E-state index in [1.807, 2.05) is 6.07 Å². The van der Waals surface area contributed by atoms with Crippen molar-refractivity contribution in [3.63, 3.8) is 0 Å². The number of hydrogen-bond acceptors (Lipinski definition) is 2. The summed E-state index contributed by atoms with van der Waals surface area (Å²) in [5, 5.41) is 10.00. The number of rotatable bonds is 3. The van der Waals surface area contributed by atoms with Gasteiger partial charge in [0.25, 0.3) is 0 Å². The van der Waals surface area contributed by atoms with Gasteiger partial charge in [0.2, 0.25) is 0 Å². The van der Waals surface area contributed by atoms with Gasteiger partial charge in [-0.3, -0.25) is 0 Å². The van der Waals surface area contributed by atoms with E-state index in [1.54, 1.807) is 6.07 Å². The minimum absolute atomic E-state index is 0.225. The molecule has 1 fully saturated rings. The Morgan fingerprint density at radius 3 is 2.88 bits per heavy atom. The fraction of sp³-hybridized carbons (Fsp3) is 0.538. The third kappa shape index (κ3) is 2.11. The van der Waals surface area contributed by atoms with E-state index in [-0.39, 0.29) is 17.3 Å². The van der Waals surface area contributed by atoms with Gasteiger partial charge >= 0.3 is 0 Å². The molecule has 0 heterocycles. The Kier molecular flexibility index (Phi) is 3.26. The number of benzene rings is 1. The Morgan fingerprint density at radius 2 is 2.31 bits per heavy atom. The lowest BCUT2D eigenvalue weighted by Crippen LogP contribution is -2.39. The maximum atomic E-state index is 13.1. The van der Waals surface area contributed by atoms with E-state index in [2.05, 4.69) is 0 Å². The third-order valence-electron chi connectivity index (χ3n) is 3.71. The van der Waals surface area contributed by atoms with Crippen molar-refractivity contribution >= 4 is 0 Å². The van der Waals surface area contributed by atoms with Gasteiger partial charge in [-0.2, -0.15) is 0 Å². The molecule has 0 aromatic heterocycles. The molecule has 0 spiro atoms. The Balaban J connectivity index is 2.18. The molecule has 3 heteroatoms. The number of nitrogens with two attached hydrogens (primary N) is 1. The molecule has 1 aromatic rings. The summed E-state index contributed by atoms with van der Waals surface area (Å²) in [5.74, 6) is -0.225. The molecule has 0 saturated heterocycles. The van der Waals surface area contributed by atoms with Crippen LogP contribution in [0.3, 0.4) is 0 Å². The molecule has 1 aliphatic rings. The summed E-state index contributed by atoms with van der Waals surface area (Å²) in [6, 6.07) is 6.56. The van der Waals surface area contributed by atoms with Crippen LogP contribution >= 0.6 is 0 Å². The van der Waals surface area contributed by atoms with Crippen LogP contribution in [-0.4, -0.2) is 17.8 Å². The number of aliphatic hydroxyl groups is 1. The van der Waals surface area contributed by atoms with E-state index in [9.17, 15) is 9.50 Å². The van der Waals surface area contributed by atoms with E-state index in [0.717, 1.165) is 24.8 Å². The molecule has 2 nitrogen and oxygen atoms in total. The van der Waals surface area contributed by atoms with Crippen LogP contribution in [0, 0.1) is 11.2 Å². The van der Waals surface area contributed by atoms with Gasteiger partial charge in [0.1, 0.15) is 5.82 Å². The zero-order valence-corrected chi connectivity index (χ0v) is 9.32. The predicted molar refractivity (Wildman–Crippen MR) is 61.4 cm³/mol. The highest BCUT2D eigenvalue weighted by atomic mass is 19.1.